The van der Waals surface area contributed by atoms with Gasteiger partial charge in [0.1, 0.15) is 0 Å². The lowest BCUT2D eigenvalue weighted by Crippen LogP contribution is -2.04. The first-order valence-electron chi connectivity index (χ1n) is 5.70. The molecule has 0 radical (unpaired) electrons. The fraction of sp³-hybridized carbons (Fsp3) is 0.214. The molecule has 0 atom stereocenters. The molecule has 19 heavy (non-hydrogen) atoms. The van der Waals surface area contributed by atoms with E-state index in [9.17, 15) is 4.79 Å². The van der Waals surface area contributed by atoms with Gasteiger partial charge in [-0.2, -0.15) is 0 Å². The minimum atomic E-state index is -1.07. The van der Waals surface area contributed by atoms with Crippen molar-refractivity contribution >= 4 is 30.4 Å². The SMILES string of the molecule is COC(=O)c1ccc2ccc(P(OC)OC)cc2c1. The van der Waals surface area contributed by atoms with Crippen molar-refractivity contribution in [3.8, 4) is 0 Å². The summed E-state index contributed by atoms with van der Waals surface area (Å²) in [4.78, 5) is 11.5. The fourth-order valence-corrected chi connectivity index (χ4v) is 2.89. The minimum absolute atomic E-state index is 0.340. The summed E-state index contributed by atoms with van der Waals surface area (Å²) < 4.78 is 15.3. The maximum atomic E-state index is 11.5. The van der Waals surface area contributed by atoms with Gasteiger partial charge in [-0.05, 0) is 35.0 Å². The molecule has 100 valence electrons. The second-order valence-corrected chi connectivity index (χ2v) is 5.62. The summed E-state index contributed by atoms with van der Waals surface area (Å²) in [7, 11) is 3.53. The molecule has 4 nitrogen and oxygen atoms in total. The molecule has 0 bridgehead atoms. The first-order valence-corrected chi connectivity index (χ1v) is 6.88. The van der Waals surface area contributed by atoms with Gasteiger partial charge in [0, 0.05) is 19.5 Å². The lowest BCUT2D eigenvalue weighted by molar-refractivity contribution is 0.0601. The summed E-state index contributed by atoms with van der Waals surface area (Å²) in [6, 6.07) is 11.4. The fourth-order valence-electron chi connectivity index (χ4n) is 1.88. The molecule has 0 unspecified atom stereocenters. The van der Waals surface area contributed by atoms with E-state index in [1.807, 2.05) is 30.3 Å². The van der Waals surface area contributed by atoms with E-state index in [-0.39, 0.29) is 5.97 Å². The van der Waals surface area contributed by atoms with E-state index in [4.69, 9.17) is 13.8 Å². The number of esters is 1. The molecule has 0 aliphatic carbocycles. The van der Waals surface area contributed by atoms with E-state index in [2.05, 4.69) is 0 Å². The summed E-state index contributed by atoms with van der Waals surface area (Å²) in [5.41, 5.74) is 0.534. The Bertz CT molecular complexity index is 593. The second-order valence-electron chi connectivity index (χ2n) is 3.86. The van der Waals surface area contributed by atoms with Gasteiger partial charge in [0.25, 0.3) is 0 Å². The number of fused-ring (bicyclic) bond motifs is 1. The molecule has 0 saturated heterocycles. The van der Waals surface area contributed by atoms with Crippen LogP contribution in [0.5, 0.6) is 0 Å². The third-order valence-corrected chi connectivity index (χ3v) is 4.15. The molecule has 0 heterocycles. The van der Waals surface area contributed by atoms with Gasteiger partial charge in [-0.25, -0.2) is 4.79 Å². The maximum Gasteiger partial charge on any atom is 0.337 e. The summed E-state index contributed by atoms with van der Waals surface area (Å²) in [6.45, 7) is 0. The highest BCUT2D eigenvalue weighted by atomic mass is 31.2. The first kappa shape index (κ1) is 13.9. The molecule has 0 aromatic heterocycles. The highest BCUT2D eigenvalue weighted by Gasteiger charge is 2.12. The Hall–Kier alpha value is -1.48. The largest absolute Gasteiger partial charge is 0.465 e. The third-order valence-electron chi connectivity index (χ3n) is 2.79. The molecule has 0 aliphatic rings. The Balaban J connectivity index is 2.47. The number of hydrogen-bond acceptors (Lipinski definition) is 4. The minimum Gasteiger partial charge on any atom is -0.465 e. The predicted molar refractivity (Wildman–Crippen MR) is 75.9 cm³/mol. The normalized spacial score (nSPS) is 10.9. The molecule has 0 aliphatic heterocycles. The Morgan fingerprint density at radius 2 is 1.63 bits per heavy atom. The van der Waals surface area contributed by atoms with Gasteiger partial charge >= 0.3 is 5.97 Å². The van der Waals surface area contributed by atoms with Crippen LogP contribution in [0.1, 0.15) is 10.4 Å². The number of methoxy groups -OCH3 is 1. The number of carbonyl (C=O) groups is 1. The van der Waals surface area contributed by atoms with Crippen LogP contribution in [-0.2, 0) is 13.8 Å². The maximum absolute atomic E-state index is 11.5. The van der Waals surface area contributed by atoms with Crippen molar-refractivity contribution in [2.45, 2.75) is 0 Å². The highest BCUT2D eigenvalue weighted by molar-refractivity contribution is 7.55. The van der Waals surface area contributed by atoms with Crippen molar-refractivity contribution < 1.29 is 18.6 Å². The van der Waals surface area contributed by atoms with Crippen molar-refractivity contribution in [3.05, 3.63) is 42.0 Å². The van der Waals surface area contributed by atoms with Crippen LogP contribution < -0.4 is 5.30 Å². The van der Waals surface area contributed by atoms with E-state index in [0.717, 1.165) is 16.1 Å². The zero-order chi connectivity index (χ0) is 13.8. The van der Waals surface area contributed by atoms with Gasteiger partial charge in [-0.3, -0.25) is 0 Å². The lowest BCUT2D eigenvalue weighted by Gasteiger charge is -2.13. The van der Waals surface area contributed by atoms with Crippen LogP contribution in [0.25, 0.3) is 10.8 Å². The van der Waals surface area contributed by atoms with Crippen molar-refractivity contribution in [1.82, 2.24) is 0 Å². The lowest BCUT2D eigenvalue weighted by atomic mass is 10.1. The molecule has 0 saturated carbocycles. The van der Waals surface area contributed by atoms with Crippen LogP contribution in [0, 0.1) is 0 Å². The number of benzene rings is 2. The summed E-state index contributed by atoms with van der Waals surface area (Å²) in [6.07, 6.45) is 0. The molecular formula is C14H15O4P. The standard InChI is InChI=1S/C14H15O4P/c1-16-14(15)11-5-4-10-6-7-13(9-12(10)8-11)19(17-2)18-3/h4-9H,1-3H3. The highest BCUT2D eigenvalue weighted by Crippen LogP contribution is 2.35. The van der Waals surface area contributed by atoms with Gasteiger partial charge in [0.2, 0.25) is 8.38 Å². The molecular weight excluding hydrogens is 263 g/mol. The summed E-state index contributed by atoms with van der Waals surface area (Å²) in [5.74, 6) is -0.340. The van der Waals surface area contributed by atoms with E-state index >= 15 is 0 Å². The van der Waals surface area contributed by atoms with Crippen LogP contribution in [0.4, 0.5) is 0 Å². The predicted octanol–water partition coefficient (Wildman–Crippen LogP) is 2.86. The van der Waals surface area contributed by atoms with E-state index in [0.29, 0.717) is 5.56 Å². The number of ether oxygens (including phenoxy) is 1. The van der Waals surface area contributed by atoms with Gasteiger partial charge in [0.15, 0.2) is 0 Å². The molecule has 2 aromatic carbocycles. The molecule has 0 amide bonds. The molecule has 5 heteroatoms. The van der Waals surface area contributed by atoms with Crippen LogP contribution in [0.2, 0.25) is 0 Å². The summed E-state index contributed by atoms with van der Waals surface area (Å²) in [5, 5.41) is 2.98. The van der Waals surface area contributed by atoms with Crippen LogP contribution in [-0.4, -0.2) is 27.3 Å². The monoisotopic (exact) mass is 278 g/mol. The average Bonchev–Trinajstić information content (AvgIpc) is 2.47. The van der Waals surface area contributed by atoms with Crippen LogP contribution in [0.3, 0.4) is 0 Å². The second kappa shape index (κ2) is 6.11. The third kappa shape index (κ3) is 2.92. The van der Waals surface area contributed by atoms with Crippen molar-refractivity contribution in [2.75, 3.05) is 21.3 Å². The molecule has 0 spiro atoms. The van der Waals surface area contributed by atoms with Gasteiger partial charge in [-0.15, -0.1) is 0 Å². The van der Waals surface area contributed by atoms with Gasteiger partial charge in [0.05, 0.1) is 12.7 Å². The Labute approximate surface area is 113 Å². The number of hydrogen-bond donors (Lipinski definition) is 0. The first-order chi connectivity index (χ1) is 9.19. The van der Waals surface area contributed by atoms with E-state index < -0.39 is 8.38 Å². The zero-order valence-electron chi connectivity index (χ0n) is 11.0. The Morgan fingerprint density at radius 1 is 0.947 bits per heavy atom. The Morgan fingerprint density at radius 3 is 2.26 bits per heavy atom. The average molecular weight is 278 g/mol. The number of carbonyl (C=O) groups excluding carboxylic acids is 1. The van der Waals surface area contributed by atoms with E-state index in [1.165, 1.54) is 7.11 Å². The topological polar surface area (TPSA) is 44.8 Å². The van der Waals surface area contributed by atoms with Gasteiger partial charge in [-0.1, -0.05) is 12.1 Å². The molecule has 2 aromatic rings. The quantitative estimate of drug-likeness (QED) is 0.637. The van der Waals surface area contributed by atoms with Crippen molar-refractivity contribution in [1.29, 1.82) is 0 Å². The molecule has 0 fully saturated rings. The van der Waals surface area contributed by atoms with Crippen LogP contribution in [0.15, 0.2) is 36.4 Å². The Kier molecular flexibility index (Phi) is 4.48. The zero-order valence-corrected chi connectivity index (χ0v) is 11.9. The summed E-state index contributed by atoms with van der Waals surface area (Å²) >= 11 is 0. The van der Waals surface area contributed by atoms with Gasteiger partial charge < -0.3 is 13.8 Å². The van der Waals surface area contributed by atoms with Crippen molar-refractivity contribution in [2.24, 2.45) is 0 Å². The molecule has 0 N–H and O–H groups in total. The van der Waals surface area contributed by atoms with Crippen LogP contribution >= 0.6 is 8.38 Å². The van der Waals surface area contributed by atoms with E-state index in [1.54, 1.807) is 20.3 Å². The molecule has 2 rings (SSSR count). The smallest absolute Gasteiger partial charge is 0.337 e. The number of rotatable bonds is 4. The van der Waals surface area contributed by atoms with Crippen molar-refractivity contribution in [3.63, 3.8) is 0 Å².